The van der Waals surface area contributed by atoms with Crippen LogP contribution in [0.5, 0.6) is 5.75 Å². The molecule has 0 aliphatic heterocycles. The summed E-state index contributed by atoms with van der Waals surface area (Å²) in [5.74, 6) is 0.746. The first-order chi connectivity index (χ1) is 8.00. The van der Waals surface area contributed by atoms with E-state index in [9.17, 15) is 4.79 Å². The number of hydrogen-bond acceptors (Lipinski definition) is 2. The number of pyridine rings is 1. The van der Waals surface area contributed by atoms with E-state index in [2.05, 4.69) is 20.9 Å². The molecule has 0 atom stereocenters. The second-order valence-electron chi connectivity index (χ2n) is 4.24. The fraction of sp³-hybridized carbons (Fsp3) is 0.308. The Kier molecular flexibility index (Phi) is 3.24. The average Bonchev–Trinajstić information content (AvgIpc) is 2.24. The van der Waals surface area contributed by atoms with Gasteiger partial charge in [-0.2, -0.15) is 0 Å². The zero-order valence-electron chi connectivity index (χ0n) is 10.0. The third kappa shape index (κ3) is 2.22. The number of ether oxygens (including phenoxy) is 1. The molecule has 0 unspecified atom stereocenters. The zero-order chi connectivity index (χ0) is 12.6. The molecule has 1 aromatic carbocycles. The third-order valence-electron chi connectivity index (χ3n) is 2.58. The van der Waals surface area contributed by atoms with Crippen molar-refractivity contribution in [2.24, 2.45) is 0 Å². The minimum atomic E-state index is -0.0880. The van der Waals surface area contributed by atoms with Gasteiger partial charge in [0.2, 0.25) is 0 Å². The van der Waals surface area contributed by atoms with Gasteiger partial charge in [-0.15, -0.1) is 0 Å². The number of aryl methyl sites for hydroxylation is 1. The van der Waals surface area contributed by atoms with E-state index in [1.54, 1.807) is 6.20 Å². The first kappa shape index (κ1) is 12.2. The molecule has 0 spiro atoms. The predicted molar refractivity (Wildman–Crippen MR) is 72.8 cm³/mol. The predicted octanol–water partition coefficient (Wildman–Crippen LogP) is 3.39. The molecule has 4 heteroatoms. The van der Waals surface area contributed by atoms with Gasteiger partial charge < -0.3 is 9.72 Å². The summed E-state index contributed by atoms with van der Waals surface area (Å²) in [5, 5.41) is 1.58. The lowest BCUT2D eigenvalue weighted by Crippen LogP contribution is -2.10. The average molecular weight is 296 g/mol. The van der Waals surface area contributed by atoms with E-state index in [1.165, 1.54) is 0 Å². The number of hydrogen-bond donors (Lipinski definition) is 1. The molecule has 0 fully saturated rings. The number of aromatic nitrogens is 1. The highest BCUT2D eigenvalue weighted by Gasteiger charge is 2.12. The molecule has 0 aliphatic carbocycles. The van der Waals surface area contributed by atoms with Crippen LogP contribution in [0.3, 0.4) is 0 Å². The molecule has 3 nitrogen and oxygen atoms in total. The summed E-state index contributed by atoms with van der Waals surface area (Å²) >= 11 is 3.47. The molecule has 2 rings (SSSR count). The van der Waals surface area contributed by atoms with Gasteiger partial charge in [-0.1, -0.05) is 15.9 Å². The van der Waals surface area contributed by atoms with E-state index in [4.69, 9.17) is 4.74 Å². The van der Waals surface area contributed by atoms with Crippen LogP contribution in [0.4, 0.5) is 0 Å². The quantitative estimate of drug-likeness (QED) is 0.923. The summed E-state index contributed by atoms with van der Waals surface area (Å²) in [6.07, 6.45) is 1.73. The maximum absolute atomic E-state index is 11.9. The molecule has 0 amide bonds. The number of benzene rings is 1. The summed E-state index contributed by atoms with van der Waals surface area (Å²) in [6, 6.07) is 3.80. The van der Waals surface area contributed by atoms with E-state index < -0.39 is 0 Å². The second-order valence-corrected chi connectivity index (χ2v) is 5.10. The van der Waals surface area contributed by atoms with Crippen LogP contribution in [0, 0.1) is 6.92 Å². The molecule has 17 heavy (non-hydrogen) atoms. The largest absolute Gasteiger partial charge is 0.491 e. The molecule has 0 radical (unpaired) electrons. The summed E-state index contributed by atoms with van der Waals surface area (Å²) < 4.78 is 6.58. The van der Waals surface area contributed by atoms with Crippen molar-refractivity contribution in [2.45, 2.75) is 26.9 Å². The monoisotopic (exact) mass is 295 g/mol. The van der Waals surface area contributed by atoms with Gasteiger partial charge in [0.1, 0.15) is 5.75 Å². The highest BCUT2D eigenvalue weighted by Crippen LogP contribution is 2.32. The van der Waals surface area contributed by atoms with Gasteiger partial charge in [0, 0.05) is 21.6 Å². The van der Waals surface area contributed by atoms with Crippen LogP contribution in [0.2, 0.25) is 0 Å². The summed E-state index contributed by atoms with van der Waals surface area (Å²) in [5.41, 5.74) is 0.786. The van der Waals surface area contributed by atoms with Crippen LogP contribution < -0.4 is 10.3 Å². The van der Waals surface area contributed by atoms with Crippen molar-refractivity contribution in [1.82, 2.24) is 4.98 Å². The Labute approximate surface area is 108 Å². The number of H-pyrrole nitrogens is 1. The first-order valence-corrected chi connectivity index (χ1v) is 6.27. The molecule has 1 heterocycles. The van der Waals surface area contributed by atoms with Crippen molar-refractivity contribution in [3.8, 4) is 5.75 Å². The van der Waals surface area contributed by atoms with Gasteiger partial charge in [-0.05, 0) is 32.9 Å². The molecule has 90 valence electrons. The molecular formula is C13H14BrNO2. The van der Waals surface area contributed by atoms with E-state index in [0.29, 0.717) is 5.39 Å². The fourth-order valence-electron chi connectivity index (χ4n) is 1.85. The summed E-state index contributed by atoms with van der Waals surface area (Å²) in [4.78, 5) is 14.5. The number of nitrogens with one attached hydrogen (secondary N) is 1. The standard InChI is InChI=1S/C13H14BrNO2/c1-7(2)17-11-6-10(14)9-4-5-15-13(16)12(9)8(11)3/h4-7H,1-3H3,(H,15,16). The molecule has 1 N–H and O–H groups in total. The fourth-order valence-corrected chi connectivity index (χ4v) is 2.39. The highest BCUT2D eigenvalue weighted by atomic mass is 79.9. The number of rotatable bonds is 2. The zero-order valence-corrected chi connectivity index (χ0v) is 11.6. The maximum Gasteiger partial charge on any atom is 0.256 e. The topological polar surface area (TPSA) is 42.1 Å². The van der Waals surface area contributed by atoms with E-state index in [0.717, 1.165) is 21.2 Å². The third-order valence-corrected chi connectivity index (χ3v) is 3.24. The van der Waals surface area contributed by atoms with Crippen LogP contribution in [0.25, 0.3) is 10.8 Å². The lowest BCUT2D eigenvalue weighted by molar-refractivity contribution is 0.241. The molecule has 1 aromatic heterocycles. The van der Waals surface area contributed by atoms with Crippen molar-refractivity contribution in [3.05, 3.63) is 38.7 Å². The molecular weight excluding hydrogens is 282 g/mol. The Hall–Kier alpha value is -1.29. The van der Waals surface area contributed by atoms with Gasteiger partial charge in [0.05, 0.1) is 11.5 Å². The molecule has 0 saturated carbocycles. The minimum absolute atomic E-state index is 0.0841. The van der Waals surface area contributed by atoms with E-state index in [1.807, 2.05) is 32.9 Å². The van der Waals surface area contributed by atoms with Crippen molar-refractivity contribution >= 4 is 26.7 Å². The SMILES string of the molecule is Cc1c(OC(C)C)cc(Br)c2cc[nH]c(=O)c12. The van der Waals surface area contributed by atoms with Gasteiger partial charge in [-0.3, -0.25) is 4.79 Å². The summed E-state index contributed by atoms with van der Waals surface area (Å²) in [6.45, 7) is 5.83. The van der Waals surface area contributed by atoms with Crippen molar-refractivity contribution in [3.63, 3.8) is 0 Å². The lowest BCUT2D eigenvalue weighted by atomic mass is 10.1. The normalized spacial score (nSPS) is 11.1. The second kappa shape index (κ2) is 4.53. The van der Waals surface area contributed by atoms with Gasteiger partial charge >= 0.3 is 0 Å². The van der Waals surface area contributed by atoms with Crippen molar-refractivity contribution < 1.29 is 4.74 Å². The van der Waals surface area contributed by atoms with E-state index >= 15 is 0 Å². The Balaban J connectivity index is 2.79. The molecule has 0 bridgehead atoms. The number of halogens is 1. The first-order valence-electron chi connectivity index (χ1n) is 5.48. The van der Waals surface area contributed by atoms with Gasteiger partial charge in [0.25, 0.3) is 5.56 Å². The van der Waals surface area contributed by atoms with Crippen LogP contribution in [-0.2, 0) is 0 Å². The van der Waals surface area contributed by atoms with Crippen LogP contribution in [-0.4, -0.2) is 11.1 Å². The Morgan fingerprint density at radius 1 is 1.41 bits per heavy atom. The van der Waals surface area contributed by atoms with Crippen molar-refractivity contribution in [2.75, 3.05) is 0 Å². The summed E-state index contributed by atoms with van der Waals surface area (Å²) in [7, 11) is 0. The van der Waals surface area contributed by atoms with Gasteiger partial charge in [0.15, 0.2) is 0 Å². The molecule has 2 aromatic rings. The molecule has 0 aliphatic rings. The van der Waals surface area contributed by atoms with Crippen LogP contribution >= 0.6 is 15.9 Å². The highest BCUT2D eigenvalue weighted by molar-refractivity contribution is 9.10. The lowest BCUT2D eigenvalue weighted by Gasteiger charge is -2.14. The van der Waals surface area contributed by atoms with E-state index in [-0.39, 0.29) is 11.7 Å². The maximum atomic E-state index is 11.9. The Morgan fingerprint density at radius 2 is 2.12 bits per heavy atom. The van der Waals surface area contributed by atoms with Crippen molar-refractivity contribution in [1.29, 1.82) is 0 Å². The Morgan fingerprint density at radius 3 is 2.76 bits per heavy atom. The van der Waals surface area contributed by atoms with Gasteiger partial charge in [-0.25, -0.2) is 0 Å². The number of aromatic amines is 1. The Bertz CT molecular complexity index is 617. The molecule has 0 saturated heterocycles. The van der Waals surface area contributed by atoms with Crippen LogP contribution in [0.15, 0.2) is 27.6 Å². The number of fused-ring (bicyclic) bond motifs is 1. The minimum Gasteiger partial charge on any atom is -0.491 e. The van der Waals surface area contributed by atoms with Crippen LogP contribution in [0.1, 0.15) is 19.4 Å². The smallest absolute Gasteiger partial charge is 0.256 e.